The maximum absolute atomic E-state index is 12.4. The van der Waals surface area contributed by atoms with E-state index in [1.807, 2.05) is 12.1 Å². The number of nitrogens with zero attached hydrogens (tertiary/aromatic N) is 1. The molecule has 0 unspecified atom stereocenters. The van der Waals surface area contributed by atoms with Gasteiger partial charge in [0, 0.05) is 24.3 Å². The first kappa shape index (κ1) is 16.0. The Labute approximate surface area is 142 Å². The third-order valence-electron chi connectivity index (χ3n) is 3.58. The number of esters is 1. The molecule has 6 nitrogen and oxygen atoms in total. The molecule has 0 aliphatic carbocycles. The van der Waals surface area contributed by atoms with E-state index in [-0.39, 0.29) is 5.56 Å². The number of carbonyl (C=O) groups excluding carboxylic acids is 1. The second-order valence-corrected chi connectivity index (χ2v) is 5.48. The molecule has 2 heterocycles. The zero-order chi connectivity index (χ0) is 17.1. The molecule has 3 rings (SSSR count). The number of halogens is 1. The lowest BCUT2D eigenvalue weighted by Gasteiger charge is -2.14. The molecule has 0 fully saturated rings. The molecule has 7 heteroatoms. The van der Waals surface area contributed by atoms with E-state index in [1.165, 1.54) is 7.11 Å². The number of anilines is 1. The number of H-pyrrole nitrogens is 1. The molecule has 0 amide bonds. The van der Waals surface area contributed by atoms with E-state index >= 15 is 0 Å². The summed E-state index contributed by atoms with van der Waals surface area (Å²) < 4.78 is 4.74. The smallest absolute Gasteiger partial charge is 0.345 e. The maximum atomic E-state index is 12.4. The van der Waals surface area contributed by atoms with Crippen LogP contribution in [0.4, 0.5) is 5.69 Å². The zero-order valence-electron chi connectivity index (χ0n) is 12.8. The molecule has 2 N–H and O–H groups in total. The van der Waals surface area contributed by atoms with Gasteiger partial charge in [0.15, 0.2) is 0 Å². The van der Waals surface area contributed by atoms with Gasteiger partial charge in [-0.15, -0.1) is 0 Å². The van der Waals surface area contributed by atoms with E-state index in [0.29, 0.717) is 28.2 Å². The molecule has 0 atom stereocenters. The summed E-state index contributed by atoms with van der Waals surface area (Å²) in [6, 6.07) is 8.89. The van der Waals surface area contributed by atoms with Crippen LogP contribution >= 0.6 is 11.6 Å². The highest BCUT2D eigenvalue weighted by molar-refractivity contribution is 6.35. The van der Waals surface area contributed by atoms with Crippen LogP contribution in [0.15, 0.2) is 47.5 Å². The van der Waals surface area contributed by atoms with Crippen LogP contribution in [-0.2, 0) is 11.3 Å². The van der Waals surface area contributed by atoms with Crippen LogP contribution in [0.5, 0.6) is 0 Å². The van der Waals surface area contributed by atoms with Crippen molar-refractivity contribution in [2.75, 3.05) is 12.4 Å². The first-order valence-electron chi connectivity index (χ1n) is 7.17. The van der Waals surface area contributed by atoms with Gasteiger partial charge in [0.1, 0.15) is 5.56 Å². The minimum absolute atomic E-state index is 0.0869. The first-order valence-corrected chi connectivity index (χ1v) is 7.55. The largest absolute Gasteiger partial charge is 0.465 e. The summed E-state index contributed by atoms with van der Waals surface area (Å²) in [6.07, 6.45) is 3.37. The van der Waals surface area contributed by atoms with Crippen molar-refractivity contribution >= 4 is 34.2 Å². The molecule has 0 bridgehead atoms. The number of aromatic nitrogens is 2. The van der Waals surface area contributed by atoms with Crippen molar-refractivity contribution in [1.29, 1.82) is 0 Å². The van der Waals surface area contributed by atoms with E-state index in [4.69, 9.17) is 16.3 Å². The van der Waals surface area contributed by atoms with E-state index in [1.54, 1.807) is 30.6 Å². The van der Waals surface area contributed by atoms with Gasteiger partial charge in [0.2, 0.25) is 0 Å². The number of pyridine rings is 2. The second kappa shape index (κ2) is 6.72. The SMILES string of the molecule is COC(=O)c1c(NCc2cccnc2)c2cccc(Cl)c2[nH]c1=O. The van der Waals surface area contributed by atoms with Crippen LogP contribution in [0.3, 0.4) is 0 Å². The summed E-state index contributed by atoms with van der Waals surface area (Å²) in [7, 11) is 1.23. The quantitative estimate of drug-likeness (QED) is 0.711. The number of methoxy groups -OCH3 is 1. The fourth-order valence-corrected chi connectivity index (χ4v) is 2.68. The van der Waals surface area contributed by atoms with Gasteiger partial charge >= 0.3 is 5.97 Å². The first-order chi connectivity index (χ1) is 11.6. The molecular formula is C17H14ClN3O3. The lowest BCUT2D eigenvalue weighted by atomic mass is 10.1. The number of para-hydroxylation sites is 1. The van der Waals surface area contributed by atoms with E-state index in [2.05, 4.69) is 15.3 Å². The number of aromatic amines is 1. The summed E-state index contributed by atoms with van der Waals surface area (Å²) in [5.74, 6) is -0.716. The topological polar surface area (TPSA) is 84.1 Å². The number of nitrogens with one attached hydrogen (secondary N) is 2. The number of rotatable bonds is 4. The van der Waals surface area contributed by atoms with Crippen molar-refractivity contribution in [3.8, 4) is 0 Å². The van der Waals surface area contributed by atoms with Gasteiger partial charge in [-0.2, -0.15) is 0 Å². The summed E-state index contributed by atoms with van der Waals surface area (Å²) in [5.41, 5.74) is 1.11. The monoisotopic (exact) mass is 343 g/mol. The van der Waals surface area contributed by atoms with Gasteiger partial charge in [0.05, 0.1) is 23.3 Å². The van der Waals surface area contributed by atoms with Gasteiger partial charge in [-0.1, -0.05) is 29.8 Å². The number of fused-ring (bicyclic) bond motifs is 1. The van der Waals surface area contributed by atoms with Crippen LogP contribution in [0.1, 0.15) is 15.9 Å². The van der Waals surface area contributed by atoms with Gasteiger partial charge in [-0.25, -0.2) is 4.79 Å². The van der Waals surface area contributed by atoms with Crippen molar-refractivity contribution in [1.82, 2.24) is 9.97 Å². The van der Waals surface area contributed by atoms with Crippen LogP contribution in [0.2, 0.25) is 5.02 Å². The van der Waals surface area contributed by atoms with Crippen molar-refractivity contribution < 1.29 is 9.53 Å². The summed E-state index contributed by atoms with van der Waals surface area (Å²) in [4.78, 5) is 31.1. The molecule has 3 aromatic rings. The fraction of sp³-hybridized carbons (Fsp3) is 0.118. The Balaban J connectivity index is 2.16. The van der Waals surface area contributed by atoms with Gasteiger partial charge in [-0.3, -0.25) is 9.78 Å². The minimum Gasteiger partial charge on any atom is -0.465 e. The van der Waals surface area contributed by atoms with Crippen molar-refractivity contribution in [3.05, 3.63) is 69.2 Å². The average molecular weight is 344 g/mol. The standard InChI is InChI=1S/C17H14ClN3O3/c1-24-17(23)13-15(20-9-10-4-3-7-19-8-10)11-5-2-6-12(18)14(11)21-16(13)22/h2-8H,9H2,1H3,(H2,20,21,22). The molecule has 0 saturated carbocycles. The normalized spacial score (nSPS) is 10.6. The average Bonchev–Trinajstić information content (AvgIpc) is 2.60. The van der Waals surface area contributed by atoms with E-state index in [0.717, 1.165) is 5.56 Å². The second-order valence-electron chi connectivity index (χ2n) is 5.07. The van der Waals surface area contributed by atoms with Crippen LogP contribution in [0.25, 0.3) is 10.9 Å². The molecule has 1 aromatic carbocycles. The summed E-state index contributed by atoms with van der Waals surface area (Å²) >= 11 is 6.16. The predicted octanol–water partition coefficient (Wildman–Crippen LogP) is 2.98. The molecule has 24 heavy (non-hydrogen) atoms. The minimum atomic E-state index is -0.716. The molecular weight excluding hydrogens is 330 g/mol. The zero-order valence-corrected chi connectivity index (χ0v) is 13.6. The summed E-state index contributed by atoms with van der Waals surface area (Å²) in [6.45, 7) is 0.392. The van der Waals surface area contributed by atoms with Gasteiger partial charge < -0.3 is 15.0 Å². The molecule has 0 aliphatic rings. The Morgan fingerprint density at radius 2 is 2.17 bits per heavy atom. The Morgan fingerprint density at radius 3 is 2.88 bits per heavy atom. The van der Waals surface area contributed by atoms with Crippen LogP contribution in [-0.4, -0.2) is 23.0 Å². The Kier molecular flexibility index (Phi) is 4.48. The highest BCUT2D eigenvalue weighted by atomic mass is 35.5. The number of carbonyl (C=O) groups is 1. The lowest BCUT2D eigenvalue weighted by molar-refractivity contribution is 0.0600. The Morgan fingerprint density at radius 1 is 1.33 bits per heavy atom. The van der Waals surface area contributed by atoms with Gasteiger partial charge in [0.25, 0.3) is 5.56 Å². The molecule has 0 radical (unpaired) electrons. The van der Waals surface area contributed by atoms with E-state index in [9.17, 15) is 9.59 Å². The predicted molar refractivity (Wildman–Crippen MR) is 92.5 cm³/mol. The molecule has 0 saturated heterocycles. The van der Waals surface area contributed by atoms with Crippen molar-refractivity contribution in [2.24, 2.45) is 0 Å². The van der Waals surface area contributed by atoms with Crippen molar-refractivity contribution in [2.45, 2.75) is 6.54 Å². The molecule has 2 aromatic heterocycles. The fourth-order valence-electron chi connectivity index (χ4n) is 2.46. The van der Waals surface area contributed by atoms with Crippen LogP contribution in [0, 0.1) is 0 Å². The van der Waals surface area contributed by atoms with Crippen LogP contribution < -0.4 is 10.9 Å². The Hall–Kier alpha value is -2.86. The third-order valence-corrected chi connectivity index (χ3v) is 3.90. The third kappa shape index (κ3) is 2.96. The maximum Gasteiger partial charge on any atom is 0.345 e. The van der Waals surface area contributed by atoms with E-state index < -0.39 is 11.5 Å². The summed E-state index contributed by atoms with van der Waals surface area (Å²) in [5, 5.41) is 4.16. The van der Waals surface area contributed by atoms with Crippen molar-refractivity contribution in [3.63, 3.8) is 0 Å². The lowest BCUT2D eigenvalue weighted by Crippen LogP contribution is -2.22. The number of hydrogen-bond acceptors (Lipinski definition) is 5. The highest BCUT2D eigenvalue weighted by Crippen LogP contribution is 2.29. The number of hydrogen-bond donors (Lipinski definition) is 2. The number of benzene rings is 1. The molecule has 0 spiro atoms. The van der Waals surface area contributed by atoms with Gasteiger partial charge in [-0.05, 0) is 17.7 Å². The number of ether oxygens (including phenoxy) is 1. The molecule has 122 valence electrons. The highest BCUT2D eigenvalue weighted by Gasteiger charge is 2.20. The Bertz CT molecular complexity index is 954. The molecule has 0 aliphatic heterocycles.